The van der Waals surface area contributed by atoms with Crippen LogP contribution in [0.15, 0.2) is 30.3 Å². The van der Waals surface area contributed by atoms with Crippen molar-refractivity contribution < 1.29 is 14.3 Å². The molecule has 0 aliphatic carbocycles. The van der Waals surface area contributed by atoms with Gasteiger partial charge in [0.2, 0.25) is 5.91 Å². The Bertz CT molecular complexity index is 481. The molecule has 1 saturated heterocycles. The Morgan fingerprint density at radius 3 is 2.53 bits per heavy atom. The van der Waals surface area contributed by atoms with E-state index in [9.17, 15) is 9.59 Å². The minimum absolute atomic E-state index is 0.167. The summed E-state index contributed by atoms with van der Waals surface area (Å²) < 4.78 is 5.15. The summed E-state index contributed by atoms with van der Waals surface area (Å²) in [6.45, 7) is 5.78. The molecule has 1 unspecified atom stereocenters. The molecule has 0 saturated carbocycles. The molecule has 19 heavy (non-hydrogen) atoms. The minimum atomic E-state index is -0.584. The number of carbonyl (C=O) groups excluding carboxylic acids is 2. The van der Waals surface area contributed by atoms with Crippen LogP contribution >= 0.6 is 0 Å². The van der Waals surface area contributed by atoms with Gasteiger partial charge in [-0.05, 0) is 25.8 Å². The zero-order valence-corrected chi connectivity index (χ0v) is 11.6. The molecule has 0 bridgehead atoms. The predicted octanol–water partition coefficient (Wildman–Crippen LogP) is 2.62. The van der Waals surface area contributed by atoms with Crippen LogP contribution in [0.2, 0.25) is 0 Å². The lowest BCUT2D eigenvalue weighted by Gasteiger charge is -2.18. The van der Waals surface area contributed by atoms with Crippen molar-refractivity contribution >= 4 is 12.0 Å². The molecule has 0 radical (unpaired) electrons. The fourth-order valence-corrected chi connectivity index (χ4v) is 2.26. The second-order valence-electron chi connectivity index (χ2n) is 5.64. The van der Waals surface area contributed by atoms with E-state index in [0.29, 0.717) is 13.0 Å². The molecule has 2 rings (SSSR count). The number of cyclic esters (lactones) is 1. The van der Waals surface area contributed by atoms with E-state index in [1.54, 1.807) is 13.8 Å². The first kappa shape index (κ1) is 13.6. The van der Waals surface area contributed by atoms with Gasteiger partial charge < -0.3 is 4.74 Å². The second kappa shape index (κ2) is 5.03. The first-order valence-corrected chi connectivity index (χ1v) is 6.47. The largest absolute Gasteiger partial charge is 0.441 e. The minimum Gasteiger partial charge on any atom is -0.441 e. The van der Waals surface area contributed by atoms with Crippen molar-refractivity contribution in [3.05, 3.63) is 35.9 Å². The lowest BCUT2D eigenvalue weighted by molar-refractivity contribution is -0.131. The molecule has 1 heterocycles. The van der Waals surface area contributed by atoms with Gasteiger partial charge in [0.05, 0.1) is 6.54 Å². The number of amides is 2. The van der Waals surface area contributed by atoms with Gasteiger partial charge in [0.15, 0.2) is 0 Å². The molecular formula is C15H19NO3. The van der Waals surface area contributed by atoms with E-state index in [1.165, 1.54) is 4.90 Å². The summed E-state index contributed by atoms with van der Waals surface area (Å²) in [5.74, 6) is -0.400. The summed E-state index contributed by atoms with van der Waals surface area (Å²) in [4.78, 5) is 25.2. The molecule has 0 N–H and O–H groups in total. The molecule has 4 heteroatoms. The van der Waals surface area contributed by atoms with Crippen LogP contribution in [0, 0.1) is 5.92 Å². The second-order valence-corrected chi connectivity index (χ2v) is 5.64. The SMILES string of the molecule is CC(Cc1ccccc1)C(=O)N1CC(C)(C)OC1=O. The number of hydrogen-bond acceptors (Lipinski definition) is 3. The molecule has 0 aromatic heterocycles. The van der Waals surface area contributed by atoms with Crippen molar-refractivity contribution in [2.24, 2.45) is 5.92 Å². The van der Waals surface area contributed by atoms with Gasteiger partial charge in [0.1, 0.15) is 5.60 Å². The number of nitrogens with zero attached hydrogens (tertiary/aromatic N) is 1. The third kappa shape index (κ3) is 3.13. The van der Waals surface area contributed by atoms with Crippen LogP contribution in [0.4, 0.5) is 4.79 Å². The van der Waals surface area contributed by atoms with E-state index in [2.05, 4.69) is 0 Å². The van der Waals surface area contributed by atoms with E-state index in [0.717, 1.165) is 5.56 Å². The van der Waals surface area contributed by atoms with E-state index >= 15 is 0 Å². The zero-order valence-electron chi connectivity index (χ0n) is 11.6. The standard InChI is InChI=1S/C15H19NO3/c1-11(9-12-7-5-4-6-8-12)13(17)16-10-15(2,3)19-14(16)18/h4-8,11H,9-10H2,1-3H3. The van der Waals surface area contributed by atoms with E-state index in [4.69, 9.17) is 4.74 Å². The fraction of sp³-hybridized carbons (Fsp3) is 0.467. The Hall–Kier alpha value is -1.84. The Balaban J connectivity index is 2.02. The van der Waals surface area contributed by atoms with E-state index < -0.39 is 11.7 Å². The highest BCUT2D eigenvalue weighted by molar-refractivity contribution is 5.94. The molecule has 0 spiro atoms. The Morgan fingerprint density at radius 1 is 1.37 bits per heavy atom. The average Bonchev–Trinajstić information content (AvgIpc) is 2.63. The molecule has 1 aromatic carbocycles. The van der Waals surface area contributed by atoms with Crippen LogP contribution in [-0.2, 0) is 16.0 Å². The average molecular weight is 261 g/mol. The van der Waals surface area contributed by atoms with Crippen LogP contribution < -0.4 is 0 Å². The maximum Gasteiger partial charge on any atom is 0.417 e. The van der Waals surface area contributed by atoms with Gasteiger partial charge >= 0.3 is 6.09 Å². The smallest absolute Gasteiger partial charge is 0.417 e. The molecule has 1 atom stereocenters. The first-order valence-electron chi connectivity index (χ1n) is 6.47. The maximum atomic E-state index is 12.3. The molecule has 102 valence electrons. The number of carbonyl (C=O) groups is 2. The van der Waals surface area contributed by atoms with Gasteiger partial charge in [-0.2, -0.15) is 0 Å². The summed E-state index contributed by atoms with van der Waals surface area (Å²) in [7, 11) is 0. The van der Waals surface area contributed by atoms with Gasteiger partial charge in [-0.25, -0.2) is 9.69 Å². The molecule has 2 amide bonds. The first-order chi connectivity index (χ1) is 8.89. The van der Waals surface area contributed by atoms with Crippen molar-refractivity contribution in [2.75, 3.05) is 6.54 Å². The van der Waals surface area contributed by atoms with Gasteiger partial charge in [-0.1, -0.05) is 37.3 Å². The molecule has 4 nitrogen and oxygen atoms in total. The highest BCUT2D eigenvalue weighted by Crippen LogP contribution is 2.24. The third-order valence-corrected chi connectivity index (χ3v) is 3.20. The van der Waals surface area contributed by atoms with Gasteiger partial charge in [-0.3, -0.25) is 4.79 Å². The normalized spacial score (nSPS) is 19.1. The zero-order chi connectivity index (χ0) is 14.0. The van der Waals surface area contributed by atoms with Crippen molar-refractivity contribution in [1.82, 2.24) is 4.90 Å². The van der Waals surface area contributed by atoms with E-state index in [1.807, 2.05) is 37.3 Å². The monoisotopic (exact) mass is 261 g/mol. The fourth-order valence-electron chi connectivity index (χ4n) is 2.26. The molecule has 1 aromatic rings. The van der Waals surface area contributed by atoms with Gasteiger partial charge in [0.25, 0.3) is 0 Å². The van der Waals surface area contributed by atoms with Gasteiger partial charge in [-0.15, -0.1) is 0 Å². The summed E-state index contributed by atoms with van der Waals surface area (Å²) in [5.41, 5.74) is 0.509. The summed E-state index contributed by atoms with van der Waals surface area (Å²) >= 11 is 0. The Kier molecular flexibility index (Phi) is 3.60. The topological polar surface area (TPSA) is 46.6 Å². The van der Waals surface area contributed by atoms with E-state index in [-0.39, 0.29) is 11.8 Å². The number of benzene rings is 1. The number of rotatable bonds is 3. The number of hydrogen-bond donors (Lipinski definition) is 0. The molecule has 1 aliphatic rings. The lowest BCUT2D eigenvalue weighted by Crippen LogP contribution is -2.38. The summed E-state index contributed by atoms with van der Waals surface area (Å²) in [6.07, 6.45) is 0.0964. The molecule has 1 aliphatic heterocycles. The quantitative estimate of drug-likeness (QED) is 0.840. The van der Waals surface area contributed by atoms with Crippen molar-refractivity contribution in [1.29, 1.82) is 0 Å². The lowest BCUT2D eigenvalue weighted by atomic mass is 9.99. The van der Waals surface area contributed by atoms with Crippen molar-refractivity contribution in [3.63, 3.8) is 0 Å². The maximum absolute atomic E-state index is 12.3. The summed E-state index contributed by atoms with van der Waals surface area (Å²) in [6, 6.07) is 9.79. The van der Waals surface area contributed by atoms with Gasteiger partial charge in [0, 0.05) is 5.92 Å². The molecular weight excluding hydrogens is 242 g/mol. The van der Waals surface area contributed by atoms with Crippen LogP contribution in [0.1, 0.15) is 26.3 Å². The number of ether oxygens (including phenoxy) is 1. The Morgan fingerprint density at radius 2 is 2.00 bits per heavy atom. The van der Waals surface area contributed by atoms with Crippen LogP contribution in [0.25, 0.3) is 0 Å². The van der Waals surface area contributed by atoms with Crippen molar-refractivity contribution in [2.45, 2.75) is 32.8 Å². The Labute approximate surface area is 113 Å². The predicted molar refractivity (Wildman–Crippen MR) is 71.6 cm³/mol. The highest BCUT2D eigenvalue weighted by Gasteiger charge is 2.42. The third-order valence-electron chi connectivity index (χ3n) is 3.20. The summed E-state index contributed by atoms with van der Waals surface area (Å²) in [5, 5.41) is 0. The highest BCUT2D eigenvalue weighted by atomic mass is 16.6. The molecule has 1 fully saturated rings. The van der Waals surface area contributed by atoms with Crippen LogP contribution in [0.3, 0.4) is 0 Å². The van der Waals surface area contributed by atoms with Crippen molar-refractivity contribution in [3.8, 4) is 0 Å². The van der Waals surface area contributed by atoms with Crippen LogP contribution in [-0.4, -0.2) is 29.0 Å². The van der Waals surface area contributed by atoms with Crippen LogP contribution in [0.5, 0.6) is 0 Å². The number of imide groups is 1.